The molecule has 1 rings (SSSR count). The van der Waals surface area contributed by atoms with Gasteiger partial charge in [0.1, 0.15) is 0 Å². The normalized spacial score (nSPS) is 12.6. The van der Waals surface area contributed by atoms with Crippen molar-refractivity contribution in [3.63, 3.8) is 0 Å². The molecule has 3 nitrogen and oxygen atoms in total. The first-order valence-corrected chi connectivity index (χ1v) is 7.50. The van der Waals surface area contributed by atoms with Gasteiger partial charge in [0.2, 0.25) is 0 Å². The Hall–Kier alpha value is -1.35. The molecular weight excluding hydrogens is 250 g/mol. The van der Waals surface area contributed by atoms with E-state index in [1.807, 2.05) is 0 Å². The van der Waals surface area contributed by atoms with Crippen molar-refractivity contribution in [2.75, 3.05) is 6.54 Å². The van der Waals surface area contributed by atoms with Crippen LogP contribution >= 0.6 is 0 Å². The highest BCUT2D eigenvalue weighted by molar-refractivity contribution is 5.66. The molecule has 1 aromatic rings. The Balaban J connectivity index is 2.19. The van der Waals surface area contributed by atoms with Gasteiger partial charge in [-0.15, -0.1) is 0 Å². The topological polar surface area (TPSA) is 49.3 Å². The Morgan fingerprint density at radius 1 is 1.15 bits per heavy atom. The predicted molar refractivity (Wildman–Crippen MR) is 82.9 cm³/mol. The second-order valence-corrected chi connectivity index (χ2v) is 5.90. The Morgan fingerprint density at radius 2 is 1.80 bits per heavy atom. The maximum atomic E-state index is 10.5. The van der Waals surface area contributed by atoms with E-state index in [4.69, 9.17) is 5.11 Å². The van der Waals surface area contributed by atoms with Gasteiger partial charge >= 0.3 is 5.97 Å². The number of carbonyl (C=O) groups is 1. The molecule has 0 aliphatic rings. The van der Waals surface area contributed by atoms with Crippen LogP contribution in [-0.2, 0) is 11.3 Å². The first-order valence-electron chi connectivity index (χ1n) is 7.50. The number of rotatable bonds is 9. The van der Waals surface area contributed by atoms with E-state index in [1.165, 1.54) is 11.1 Å². The van der Waals surface area contributed by atoms with Crippen LogP contribution in [0.5, 0.6) is 0 Å². The summed E-state index contributed by atoms with van der Waals surface area (Å²) in [6, 6.07) is 8.74. The van der Waals surface area contributed by atoms with E-state index in [1.54, 1.807) is 0 Å². The van der Waals surface area contributed by atoms with Gasteiger partial charge in [0, 0.05) is 13.0 Å². The lowest BCUT2D eigenvalue weighted by Crippen LogP contribution is -2.17. The molecular formula is C17H27NO2. The van der Waals surface area contributed by atoms with Crippen molar-refractivity contribution in [3.8, 4) is 0 Å². The van der Waals surface area contributed by atoms with Crippen molar-refractivity contribution in [2.24, 2.45) is 5.92 Å². The summed E-state index contributed by atoms with van der Waals surface area (Å²) in [7, 11) is 0. The molecule has 0 aliphatic carbocycles. The van der Waals surface area contributed by atoms with Crippen LogP contribution in [0.3, 0.4) is 0 Å². The third-order valence-corrected chi connectivity index (χ3v) is 3.64. The highest BCUT2D eigenvalue weighted by Crippen LogP contribution is 2.14. The lowest BCUT2D eigenvalue weighted by Gasteiger charge is -2.11. The van der Waals surface area contributed by atoms with Gasteiger partial charge in [0.05, 0.1) is 0 Å². The van der Waals surface area contributed by atoms with Gasteiger partial charge in [0.25, 0.3) is 0 Å². The lowest BCUT2D eigenvalue weighted by atomic mass is 10.0. The molecule has 0 radical (unpaired) electrons. The first kappa shape index (κ1) is 16.7. The summed E-state index contributed by atoms with van der Waals surface area (Å²) < 4.78 is 0. The van der Waals surface area contributed by atoms with Crippen LogP contribution < -0.4 is 5.32 Å². The fourth-order valence-electron chi connectivity index (χ4n) is 2.12. The lowest BCUT2D eigenvalue weighted by molar-refractivity contribution is -0.137. The number of carboxylic acid groups (broad SMARTS) is 1. The van der Waals surface area contributed by atoms with Crippen molar-refractivity contribution < 1.29 is 9.90 Å². The Labute approximate surface area is 122 Å². The van der Waals surface area contributed by atoms with Gasteiger partial charge in [-0.2, -0.15) is 0 Å². The molecule has 0 spiro atoms. The van der Waals surface area contributed by atoms with Crippen LogP contribution in [0.15, 0.2) is 24.3 Å². The van der Waals surface area contributed by atoms with Crippen LogP contribution in [0.25, 0.3) is 0 Å². The standard InChI is InChI=1S/C17H27NO2/c1-13(2)16-7-5-15(6-8-16)12-18-11-10-14(3)4-9-17(19)20/h5-8,13-14,18H,4,9-12H2,1-3H3,(H,19,20). The molecule has 0 aliphatic heterocycles. The maximum absolute atomic E-state index is 10.5. The summed E-state index contributed by atoms with van der Waals surface area (Å²) in [5, 5.41) is 12.0. The molecule has 0 amide bonds. The molecule has 1 aromatic carbocycles. The number of hydrogen-bond acceptors (Lipinski definition) is 2. The van der Waals surface area contributed by atoms with Crippen LogP contribution in [0, 0.1) is 5.92 Å². The van der Waals surface area contributed by atoms with E-state index in [0.29, 0.717) is 11.8 Å². The Kier molecular flexibility index (Phi) is 7.31. The van der Waals surface area contributed by atoms with Crippen molar-refractivity contribution >= 4 is 5.97 Å². The summed E-state index contributed by atoms with van der Waals surface area (Å²) in [4.78, 5) is 10.5. The number of hydrogen-bond donors (Lipinski definition) is 2. The zero-order valence-corrected chi connectivity index (χ0v) is 12.9. The van der Waals surface area contributed by atoms with E-state index >= 15 is 0 Å². The molecule has 0 bridgehead atoms. The number of benzene rings is 1. The Morgan fingerprint density at radius 3 is 2.35 bits per heavy atom. The van der Waals surface area contributed by atoms with Gasteiger partial charge < -0.3 is 10.4 Å². The highest BCUT2D eigenvalue weighted by atomic mass is 16.4. The molecule has 1 unspecified atom stereocenters. The van der Waals surface area contributed by atoms with Crippen LogP contribution in [-0.4, -0.2) is 17.6 Å². The van der Waals surface area contributed by atoms with Crippen LogP contribution in [0.2, 0.25) is 0 Å². The molecule has 2 N–H and O–H groups in total. The fourth-order valence-corrected chi connectivity index (χ4v) is 2.12. The summed E-state index contributed by atoms with van der Waals surface area (Å²) in [5.74, 6) is 0.337. The van der Waals surface area contributed by atoms with Gasteiger partial charge in [-0.1, -0.05) is 45.0 Å². The molecule has 3 heteroatoms. The van der Waals surface area contributed by atoms with Crippen molar-refractivity contribution in [2.45, 2.75) is 52.5 Å². The summed E-state index contributed by atoms with van der Waals surface area (Å²) in [6.45, 7) is 8.33. The van der Waals surface area contributed by atoms with E-state index in [0.717, 1.165) is 25.9 Å². The largest absolute Gasteiger partial charge is 0.481 e. The average molecular weight is 277 g/mol. The van der Waals surface area contributed by atoms with E-state index in [2.05, 4.69) is 50.4 Å². The number of carboxylic acids is 1. The minimum absolute atomic E-state index is 0.276. The second kappa shape index (κ2) is 8.75. The van der Waals surface area contributed by atoms with Crippen LogP contribution in [0.1, 0.15) is 57.1 Å². The quantitative estimate of drug-likeness (QED) is 0.675. The molecule has 112 valence electrons. The monoisotopic (exact) mass is 277 g/mol. The van der Waals surface area contributed by atoms with Gasteiger partial charge in [-0.05, 0) is 42.3 Å². The Bertz CT molecular complexity index is 398. The number of aliphatic carboxylic acids is 1. The van der Waals surface area contributed by atoms with E-state index < -0.39 is 5.97 Å². The summed E-state index contributed by atoms with van der Waals surface area (Å²) >= 11 is 0. The zero-order chi connectivity index (χ0) is 15.0. The minimum Gasteiger partial charge on any atom is -0.481 e. The summed E-state index contributed by atoms with van der Waals surface area (Å²) in [6.07, 6.45) is 2.06. The van der Waals surface area contributed by atoms with Crippen molar-refractivity contribution in [1.29, 1.82) is 0 Å². The van der Waals surface area contributed by atoms with Crippen molar-refractivity contribution in [1.82, 2.24) is 5.32 Å². The third kappa shape index (κ3) is 6.71. The minimum atomic E-state index is -0.699. The average Bonchev–Trinajstić information content (AvgIpc) is 2.42. The molecule has 0 fully saturated rings. The zero-order valence-electron chi connectivity index (χ0n) is 12.9. The molecule has 0 heterocycles. The molecule has 20 heavy (non-hydrogen) atoms. The smallest absolute Gasteiger partial charge is 0.303 e. The van der Waals surface area contributed by atoms with Gasteiger partial charge in [0.15, 0.2) is 0 Å². The SMILES string of the molecule is CC(CCNCc1ccc(C(C)C)cc1)CCC(=O)O. The third-order valence-electron chi connectivity index (χ3n) is 3.64. The van der Waals surface area contributed by atoms with Gasteiger partial charge in [-0.25, -0.2) is 0 Å². The van der Waals surface area contributed by atoms with E-state index in [9.17, 15) is 4.79 Å². The predicted octanol–water partition coefficient (Wildman–Crippen LogP) is 3.79. The van der Waals surface area contributed by atoms with Crippen molar-refractivity contribution in [3.05, 3.63) is 35.4 Å². The van der Waals surface area contributed by atoms with Gasteiger partial charge in [-0.3, -0.25) is 4.79 Å². The molecule has 0 saturated carbocycles. The maximum Gasteiger partial charge on any atom is 0.303 e. The first-order chi connectivity index (χ1) is 9.49. The van der Waals surface area contributed by atoms with E-state index in [-0.39, 0.29) is 6.42 Å². The molecule has 1 atom stereocenters. The molecule has 0 aromatic heterocycles. The summed E-state index contributed by atoms with van der Waals surface area (Å²) in [5.41, 5.74) is 2.67. The highest BCUT2D eigenvalue weighted by Gasteiger charge is 2.05. The second-order valence-electron chi connectivity index (χ2n) is 5.90. The van der Waals surface area contributed by atoms with Crippen LogP contribution in [0.4, 0.5) is 0 Å². The molecule has 0 saturated heterocycles. The fraction of sp³-hybridized carbons (Fsp3) is 0.588. The number of nitrogens with one attached hydrogen (secondary N) is 1.